The quantitative estimate of drug-likeness (QED) is 0.558. The van der Waals surface area contributed by atoms with Crippen LogP contribution in [0.1, 0.15) is 46.8 Å². The lowest BCUT2D eigenvalue weighted by molar-refractivity contribution is 0.0952. The van der Waals surface area contributed by atoms with Gasteiger partial charge in [-0.3, -0.25) is 9.36 Å². The van der Waals surface area contributed by atoms with Crippen molar-refractivity contribution in [3.8, 4) is 5.69 Å². The summed E-state index contributed by atoms with van der Waals surface area (Å²) in [6.07, 6.45) is 3.63. The first kappa shape index (κ1) is 20.6. The number of aromatic nitrogens is 5. The Morgan fingerprint density at radius 2 is 1.93 bits per heavy atom. The SMILES string of the molecule is Cc1nn(-c2ccc(C(=O)NCCCn3nc4n(c3=O)CCCC4)cc2)c(C)c1Br. The van der Waals surface area contributed by atoms with Crippen molar-refractivity contribution in [1.29, 1.82) is 0 Å². The Kier molecular flexibility index (Phi) is 5.90. The zero-order chi connectivity index (χ0) is 21.3. The molecule has 1 aliphatic rings. The molecule has 0 aliphatic carbocycles. The number of halogens is 1. The third-order valence-corrected chi connectivity index (χ3v) is 6.59. The molecule has 0 atom stereocenters. The molecule has 8 nitrogen and oxygen atoms in total. The van der Waals surface area contributed by atoms with Crippen molar-refractivity contribution >= 4 is 21.8 Å². The largest absolute Gasteiger partial charge is 0.352 e. The van der Waals surface area contributed by atoms with Gasteiger partial charge in [0.1, 0.15) is 5.82 Å². The van der Waals surface area contributed by atoms with Crippen molar-refractivity contribution in [3.63, 3.8) is 0 Å². The summed E-state index contributed by atoms with van der Waals surface area (Å²) in [5, 5.41) is 11.8. The van der Waals surface area contributed by atoms with E-state index in [-0.39, 0.29) is 11.6 Å². The third kappa shape index (κ3) is 3.98. The lowest BCUT2D eigenvalue weighted by atomic mass is 10.2. The van der Waals surface area contributed by atoms with E-state index in [1.807, 2.05) is 30.7 Å². The molecule has 2 aromatic heterocycles. The molecule has 0 saturated carbocycles. The molecule has 1 aliphatic heterocycles. The standard InChI is InChI=1S/C21H25BrN6O2/c1-14-19(22)15(2)28(24-14)17-9-7-16(8-10-17)20(29)23-11-5-13-27-21(30)26-12-4-3-6-18(26)25-27/h7-10H,3-6,11-13H2,1-2H3,(H,23,29). The molecule has 1 amide bonds. The number of nitrogens with one attached hydrogen (secondary N) is 1. The average Bonchev–Trinajstić information content (AvgIpc) is 3.22. The van der Waals surface area contributed by atoms with E-state index in [1.165, 1.54) is 4.68 Å². The van der Waals surface area contributed by atoms with Gasteiger partial charge in [0, 0.05) is 31.6 Å². The van der Waals surface area contributed by atoms with Crippen molar-refractivity contribution in [3.05, 3.63) is 62.0 Å². The number of hydrogen-bond acceptors (Lipinski definition) is 4. The highest BCUT2D eigenvalue weighted by molar-refractivity contribution is 9.10. The number of aryl methyl sites for hydroxylation is 3. The molecule has 1 N–H and O–H groups in total. The number of hydrogen-bond donors (Lipinski definition) is 1. The number of benzene rings is 1. The highest BCUT2D eigenvalue weighted by Crippen LogP contribution is 2.23. The molecule has 158 valence electrons. The number of amides is 1. The van der Waals surface area contributed by atoms with Crippen LogP contribution < -0.4 is 11.0 Å². The number of nitrogens with zero attached hydrogens (tertiary/aromatic N) is 5. The van der Waals surface area contributed by atoms with Gasteiger partial charge in [0.05, 0.1) is 21.5 Å². The van der Waals surface area contributed by atoms with Gasteiger partial charge in [-0.1, -0.05) is 0 Å². The molecule has 0 spiro atoms. The van der Waals surface area contributed by atoms with Gasteiger partial charge in [-0.15, -0.1) is 0 Å². The fraction of sp³-hybridized carbons (Fsp3) is 0.429. The Bertz CT molecular complexity index is 1130. The Morgan fingerprint density at radius 3 is 2.60 bits per heavy atom. The second-order valence-corrected chi connectivity index (χ2v) is 8.38. The Balaban J connectivity index is 1.32. The highest BCUT2D eigenvalue weighted by Gasteiger charge is 2.16. The van der Waals surface area contributed by atoms with Gasteiger partial charge in [-0.2, -0.15) is 10.2 Å². The van der Waals surface area contributed by atoms with E-state index in [2.05, 4.69) is 31.4 Å². The predicted octanol–water partition coefficient (Wildman–Crippen LogP) is 2.77. The highest BCUT2D eigenvalue weighted by atomic mass is 79.9. The molecule has 3 heterocycles. The maximum absolute atomic E-state index is 12.4. The summed E-state index contributed by atoms with van der Waals surface area (Å²) in [6.45, 7) is 5.69. The molecular formula is C21H25BrN6O2. The molecule has 0 bridgehead atoms. The van der Waals surface area contributed by atoms with Gasteiger partial charge in [0.15, 0.2) is 0 Å². The first-order valence-corrected chi connectivity index (χ1v) is 11.0. The minimum absolute atomic E-state index is 0.0394. The molecule has 3 aromatic rings. The molecule has 0 saturated heterocycles. The van der Waals surface area contributed by atoms with Crippen molar-refractivity contribution in [2.45, 2.75) is 52.6 Å². The lowest BCUT2D eigenvalue weighted by Gasteiger charge is -2.09. The zero-order valence-electron chi connectivity index (χ0n) is 17.2. The van der Waals surface area contributed by atoms with E-state index in [9.17, 15) is 9.59 Å². The molecule has 1 aromatic carbocycles. The molecule has 9 heteroatoms. The van der Waals surface area contributed by atoms with Crippen LogP contribution in [0.2, 0.25) is 0 Å². The van der Waals surface area contributed by atoms with E-state index in [4.69, 9.17) is 0 Å². The van der Waals surface area contributed by atoms with E-state index in [0.717, 1.165) is 53.2 Å². The van der Waals surface area contributed by atoms with Crippen LogP contribution >= 0.6 is 15.9 Å². The topological polar surface area (TPSA) is 86.7 Å². The Labute approximate surface area is 183 Å². The number of carbonyl (C=O) groups is 1. The van der Waals surface area contributed by atoms with Gasteiger partial charge < -0.3 is 5.32 Å². The number of fused-ring (bicyclic) bond motifs is 1. The molecule has 0 radical (unpaired) electrons. The van der Waals surface area contributed by atoms with Crippen LogP contribution in [-0.2, 0) is 19.5 Å². The molecule has 0 fully saturated rings. The summed E-state index contributed by atoms with van der Waals surface area (Å²) in [5.74, 6) is 0.748. The van der Waals surface area contributed by atoms with E-state index < -0.39 is 0 Å². The second kappa shape index (κ2) is 8.59. The second-order valence-electron chi connectivity index (χ2n) is 7.58. The summed E-state index contributed by atoms with van der Waals surface area (Å²) in [6, 6.07) is 7.36. The van der Waals surface area contributed by atoms with Crippen LogP contribution in [0.15, 0.2) is 33.5 Å². The third-order valence-electron chi connectivity index (χ3n) is 5.44. The first-order valence-electron chi connectivity index (χ1n) is 10.2. The van der Waals surface area contributed by atoms with Crippen LogP contribution in [0.5, 0.6) is 0 Å². The van der Waals surface area contributed by atoms with Crippen molar-refractivity contribution < 1.29 is 4.79 Å². The maximum atomic E-state index is 12.4. The predicted molar refractivity (Wildman–Crippen MR) is 117 cm³/mol. The molecule has 4 rings (SSSR count). The van der Waals surface area contributed by atoms with Gasteiger partial charge in [-0.25, -0.2) is 14.2 Å². The number of carbonyl (C=O) groups excluding carboxylic acids is 1. The fourth-order valence-corrected chi connectivity index (χ4v) is 4.00. The Hall–Kier alpha value is -2.68. The lowest BCUT2D eigenvalue weighted by Crippen LogP contribution is -2.29. The minimum atomic E-state index is -0.132. The van der Waals surface area contributed by atoms with Crippen molar-refractivity contribution in [2.24, 2.45) is 0 Å². The molecule has 0 unspecified atom stereocenters. The first-order chi connectivity index (χ1) is 14.5. The van der Waals surface area contributed by atoms with Crippen LogP contribution in [0.3, 0.4) is 0 Å². The van der Waals surface area contributed by atoms with Crippen LogP contribution in [0.25, 0.3) is 5.69 Å². The van der Waals surface area contributed by atoms with Gasteiger partial charge in [0.25, 0.3) is 5.91 Å². The number of rotatable bonds is 6. The maximum Gasteiger partial charge on any atom is 0.345 e. The summed E-state index contributed by atoms with van der Waals surface area (Å²) >= 11 is 3.53. The van der Waals surface area contributed by atoms with Gasteiger partial charge in [0.2, 0.25) is 0 Å². The fourth-order valence-electron chi connectivity index (χ4n) is 3.76. The van der Waals surface area contributed by atoms with Crippen LogP contribution in [-0.4, -0.2) is 36.6 Å². The van der Waals surface area contributed by atoms with Crippen LogP contribution in [0, 0.1) is 13.8 Å². The minimum Gasteiger partial charge on any atom is -0.352 e. The van der Waals surface area contributed by atoms with Gasteiger partial charge in [-0.05, 0) is 73.3 Å². The smallest absolute Gasteiger partial charge is 0.345 e. The van der Waals surface area contributed by atoms with E-state index in [1.54, 1.807) is 16.7 Å². The zero-order valence-corrected chi connectivity index (χ0v) is 18.8. The summed E-state index contributed by atoms with van der Waals surface area (Å²) in [4.78, 5) is 24.8. The monoisotopic (exact) mass is 472 g/mol. The van der Waals surface area contributed by atoms with Crippen LogP contribution in [0.4, 0.5) is 0 Å². The van der Waals surface area contributed by atoms with E-state index in [0.29, 0.717) is 25.1 Å². The summed E-state index contributed by atoms with van der Waals surface area (Å²) in [7, 11) is 0. The van der Waals surface area contributed by atoms with Crippen molar-refractivity contribution in [1.82, 2.24) is 29.4 Å². The Morgan fingerprint density at radius 1 is 1.17 bits per heavy atom. The average molecular weight is 473 g/mol. The normalized spacial score (nSPS) is 13.3. The molecular weight excluding hydrogens is 448 g/mol. The van der Waals surface area contributed by atoms with Crippen molar-refractivity contribution in [2.75, 3.05) is 6.54 Å². The summed E-state index contributed by atoms with van der Waals surface area (Å²) in [5.41, 5.74) is 3.39. The summed E-state index contributed by atoms with van der Waals surface area (Å²) < 4.78 is 6.13. The van der Waals surface area contributed by atoms with Gasteiger partial charge >= 0.3 is 5.69 Å². The van der Waals surface area contributed by atoms with E-state index >= 15 is 0 Å². The molecule has 30 heavy (non-hydrogen) atoms.